The van der Waals surface area contributed by atoms with Gasteiger partial charge in [0.25, 0.3) is 0 Å². The minimum atomic E-state index is -1.13. The number of carboxylic acids is 1. The van der Waals surface area contributed by atoms with Crippen LogP contribution in [-0.4, -0.2) is 36.2 Å². The second-order valence-corrected chi connectivity index (χ2v) is 6.25. The maximum atomic E-state index is 12.2. The summed E-state index contributed by atoms with van der Waals surface area (Å²) in [5, 5.41) is 12.7. The lowest BCUT2D eigenvalue weighted by Gasteiger charge is -2.14. The molecule has 3 unspecified atom stereocenters. The second-order valence-electron chi connectivity index (χ2n) is 5.38. The molecule has 0 spiro atoms. The van der Waals surface area contributed by atoms with Crippen LogP contribution < -0.4 is 5.32 Å². The molecule has 0 aliphatic heterocycles. The standard InChI is InChI=1S/C16H17Cl2NO4/c1-2-3-23-8-14(16(21)22)19-15(20)13-7-12(13)9-4-10(17)6-11(18)5-9/h2,4-6,12-14H,1,3,7-8H2,(H,19,20)(H,21,22). The summed E-state index contributed by atoms with van der Waals surface area (Å²) in [6, 6.07) is 4.09. The molecule has 1 saturated carbocycles. The van der Waals surface area contributed by atoms with E-state index >= 15 is 0 Å². The molecule has 1 aromatic carbocycles. The Morgan fingerprint density at radius 1 is 1.39 bits per heavy atom. The van der Waals surface area contributed by atoms with E-state index in [4.69, 9.17) is 33.0 Å². The molecule has 0 bridgehead atoms. The maximum Gasteiger partial charge on any atom is 0.328 e. The summed E-state index contributed by atoms with van der Waals surface area (Å²) in [6.07, 6.45) is 2.16. The first-order valence-electron chi connectivity index (χ1n) is 7.10. The van der Waals surface area contributed by atoms with Gasteiger partial charge in [-0.2, -0.15) is 0 Å². The molecular weight excluding hydrogens is 341 g/mol. The zero-order valence-electron chi connectivity index (χ0n) is 12.3. The fourth-order valence-corrected chi connectivity index (χ4v) is 2.91. The van der Waals surface area contributed by atoms with Gasteiger partial charge in [0.1, 0.15) is 0 Å². The number of benzene rings is 1. The number of halogens is 2. The van der Waals surface area contributed by atoms with Gasteiger partial charge in [0.05, 0.1) is 13.2 Å². The van der Waals surface area contributed by atoms with E-state index in [-0.39, 0.29) is 31.0 Å². The Morgan fingerprint density at radius 3 is 2.61 bits per heavy atom. The Kier molecular flexibility index (Phi) is 6.04. The van der Waals surface area contributed by atoms with Crippen molar-refractivity contribution in [2.45, 2.75) is 18.4 Å². The van der Waals surface area contributed by atoms with Gasteiger partial charge in [-0.15, -0.1) is 6.58 Å². The van der Waals surface area contributed by atoms with E-state index in [1.165, 1.54) is 6.08 Å². The average Bonchev–Trinajstić information content (AvgIpc) is 3.25. The fraction of sp³-hybridized carbons (Fsp3) is 0.375. The molecule has 124 valence electrons. The minimum absolute atomic E-state index is 0.00902. The van der Waals surface area contributed by atoms with Crippen LogP contribution in [0.2, 0.25) is 10.0 Å². The largest absolute Gasteiger partial charge is 0.480 e. The Bertz CT molecular complexity index is 600. The van der Waals surface area contributed by atoms with Crippen LogP contribution in [0.15, 0.2) is 30.9 Å². The van der Waals surface area contributed by atoms with Gasteiger partial charge in [-0.25, -0.2) is 4.79 Å². The van der Waals surface area contributed by atoms with Crippen molar-refractivity contribution in [1.82, 2.24) is 5.32 Å². The molecule has 1 aromatic rings. The molecule has 1 fully saturated rings. The van der Waals surface area contributed by atoms with E-state index in [2.05, 4.69) is 11.9 Å². The van der Waals surface area contributed by atoms with Crippen molar-refractivity contribution in [3.05, 3.63) is 46.5 Å². The lowest BCUT2D eigenvalue weighted by atomic mass is 10.1. The maximum absolute atomic E-state index is 12.2. The molecule has 0 aromatic heterocycles. The molecule has 5 nitrogen and oxygen atoms in total. The predicted molar refractivity (Wildman–Crippen MR) is 87.9 cm³/mol. The lowest BCUT2D eigenvalue weighted by molar-refractivity contribution is -0.143. The number of ether oxygens (including phenoxy) is 1. The summed E-state index contributed by atoms with van der Waals surface area (Å²) in [7, 11) is 0. The van der Waals surface area contributed by atoms with Gasteiger partial charge in [-0.3, -0.25) is 4.79 Å². The van der Waals surface area contributed by atoms with E-state index in [9.17, 15) is 9.59 Å². The highest BCUT2D eigenvalue weighted by atomic mass is 35.5. The Labute approximate surface area is 144 Å². The van der Waals surface area contributed by atoms with Crippen LogP contribution in [0.3, 0.4) is 0 Å². The normalized spacial score (nSPS) is 20.6. The van der Waals surface area contributed by atoms with Crippen LogP contribution in [0.5, 0.6) is 0 Å². The number of nitrogens with one attached hydrogen (secondary N) is 1. The Morgan fingerprint density at radius 2 is 2.04 bits per heavy atom. The van der Waals surface area contributed by atoms with Gasteiger partial charge in [-0.05, 0) is 36.1 Å². The van der Waals surface area contributed by atoms with Gasteiger partial charge in [0.15, 0.2) is 6.04 Å². The van der Waals surface area contributed by atoms with Crippen molar-refractivity contribution in [1.29, 1.82) is 0 Å². The monoisotopic (exact) mass is 357 g/mol. The first-order chi connectivity index (χ1) is 10.9. The lowest BCUT2D eigenvalue weighted by Crippen LogP contribution is -2.44. The van der Waals surface area contributed by atoms with E-state index in [0.29, 0.717) is 16.5 Å². The van der Waals surface area contributed by atoms with Crippen molar-refractivity contribution < 1.29 is 19.4 Å². The summed E-state index contributed by atoms with van der Waals surface area (Å²) < 4.78 is 5.10. The van der Waals surface area contributed by atoms with Crippen LogP contribution in [0.4, 0.5) is 0 Å². The zero-order chi connectivity index (χ0) is 17.0. The molecule has 0 heterocycles. The molecule has 1 aliphatic rings. The number of rotatable bonds is 8. The third-order valence-electron chi connectivity index (χ3n) is 3.58. The summed E-state index contributed by atoms with van der Waals surface area (Å²) >= 11 is 11.9. The number of amides is 1. The van der Waals surface area contributed by atoms with Crippen LogP contribution in [0, 0.1) is 5.92 Å². The van der Waals surface area contributed by atoms with Gasteiger partial charge >= 0.3 is 5.97 Å². The summed E-state index contributed by atoms with van der Waals surface area (Å²) in [5.74, 6) is -1.70. The highest BCUT2D eigenvalue weighted by Gasteiger charge is 2.45. The number of carbonyl (C=O) groups excluding carboxylic acids is 1. The van der Waals surface area contributed by atoms with Gasteiger partial charge in [-0.1, -0.05) is 29.3 Å². The van der Waals surface area contributed by atoms with Gasteiger partial charge in [0.2, 0.25) is 5.91 Å². The van der Waals surface area contributed by atoms with Crippen molar-refractivity contribution in [2.75, 3.05) is 13.2 Å². The molecule has 1 aliphatic carbocycles. The SMILES string of the molecule is C=CCOCC(NC(=O)C1CC1c1cc(Cl)cc(Cl)c1)C(=O)O. The summed E-state index contributed by atoms with van der Waals surface area (Å²) in [4.78, 5) is 23.3. The highest BCUT2D eigenvalue weighted by Crippen LogP contribution is 2.48. The Balaban J connectivity index is 1.93. The van der Waals surface area contributed by atoms with Gasteiger partial charge < -0.3 is 15.2 Å². The molecular formula is C16H17Cl2NO4. The van der Waals surface area contributed by atoms with Crippen LogP contribution in [-0.2, 0) is 14.3 Å². The summed E-state index contributed by atoms with van der Waals surface area (Å²) in [6.45, 7) is 3.60. The first-order valence-corrected chi connectivity index (χ1v) is 7.85. The van der Waals surface area contributed by atoms with E-state index < -0.39 is 12.0 Å². The van der Waals surface area contributed by atoms with Crippen molar-refractivity contribution in [3.63, 3.8) is 0 Å². The molecule has 0 radical (unpaired) electrons. The van der Waals surface area contributed by atoms with E-state index in [1.807, 2.05) is 0 Å². The third kappa shape index (κ3) is 4.96. The number of aliphatic carboxylic acids is 1. The first kappa shape index (κ1) is 17.8. The van der Waals surface area contributed by atoms with Crippen LogP contribution in [0.25, 0.3) is 0 Å². The second kappa shape index (κ2) is 7.81. The zero-order valence-corrected chi connectivity index (χ0v) is 13.8. The molecule has 3 atom stereocenters. The van der Waals surface area contributed by atoms with E-state index in [1.54, 1.807) is 18.2 Å². The number of carbonyl (C=O) groups is 2. The smallest absolute Gasteiger partial charge is 0.328 e. The Hall–Kier alpha value is -1.56. The third-order valence-corrected chi connectivity index (χ3v) is 4.01. The van der Waals surface area contributed by atoms with Gasteiger partial charge in [0, 0.05) is 16.0 Å². The van der Waals surface area contributed by atoms with Crippen LogP contribution >= 0.6 is 23.2 Å². The van der Waals surface area contributed by atoms with E-state index in [0.717, 1.165) is 5.56 Å². The molecule has 23 heavy (non-hydrogen) atoms. The molecule has 7 heteroatoms. The minimum Gasteiger partial charge on any atom is -0.480 e. The molecule has 2 rings (SSSR count). The average molecular weight is 358 g/mol. The van der Waals surface area contributed by atoms with Crippen LogP contribution in [0.1, 0.15) is 17.9 Å². The number of carboxylic acid groups (broad SMARTS) is 1. The molecule has 0 saturated heterocycles. The van der Waals surface area contributed by atoms with Crippen molar-refractivity contribution in [3.8, 4) is 0 Å². The van der Waals surface area contributed by atoms with Crippen molar-refractivity contribution in [2.24, 2.45) is 5.92 Å². The number of hydrogen-bond acceptors (Lipinski definition) is 3. The highest BCUT2D eigenvalue weighted by molar-refractivity contribution is 6.34. The quantitative estimate of drug-likeness (QED) is 0.554. The number of hydrogen-bond donors (Lipinski definition) is 2. The molecule has 2 N–H and O–H groups in total. The summed E-state index contributed by atoms with van der Waals surface area (Å²) in [5.41, 5.74) is 0.887. The topological polar surface area (TPSA) is 75.6 Å². The van der Waals surface area contributed by atoms with Crippen molar-refractivity contribution >= 4 is 35.1 Å². The molecule has 1 amide bonds. The fourth-order valence-electron chi connectivity index (χ4n) is 2.37. The predicted octanol–water partition coefficient (Wildman–Crippen LogP) is 2.87.